The first-order chi connectivity index (χ1) is 15.9. The smallest absolute Gasteiger partial charge is 0.255 e. The average molecular weight is 464 g/mol. The van der Waals surface area contributed by atoms with Crippen LogP contribution in [-0.4, -0.2) is 25.5 Å². The molecule has 33 heavy (non-hydrogen) atoms. The molecule has 0 bridgehead atoms. The first-order valence-electron chi connectivity index (χ1n) is 10.8. The molecule has 8 heteroatoms. The van der Waals surface area contributed by atoms with Crippen molar-refractivity contribution >= 4 is 23.2 Å². The SMILES string of the molecule is CCc1ccc(OCn2cc(NC(=O)c3ccc(Cn4nc(C)c(Cl)c4C)cc3)cn2)cc1. The molecule has 0 fully saturated rings. The van der Waals surface area contributed by atoms with Gasteiger partial charge in [-0.2, -0.15) is 10.2 Å². The fourth-order valence-corrected chi connectivity index (χ4v) is 3.56. The van der Waals surface area contributed by atoms with Crippen molar-refractivity contribution < 1.29 is 9.53 Å². The van der Waals surface area contributed by atoms with Crippen molar-refractivity contribution in [3.05, 3.63) is 94.0 Å². The van der Waals surface area contributed by atoms with E-state index >= 15 is 0 Å². The van der Waals surface area contributed by atoms with Gasteiger partial charge >= 0.3 is 0 Å². The van der Waals surface area contributed by atoms with Crippen LogP contribution in [0.4, 0.5) is 5.69 Å². The average Bonchev–Trinajstić information content (AvgIpc) is 3.38. The number of benzene rings is 2. The Hall–Kier alpha value is -3.58. The van der Waals surface area contributed by atoms with Crippen LogP contribution in [0.3, 0.4) is 0 Å². The monoisotopic (exact) mass is 463 g/mol. The standard InChI is InChI=1S/C25H26ClN5O2/c1-4-19-7-11-23(12-8-19)33-16-30-15-22(13-27-30)28-25(32)21-9-5-20(6-10-21)14-31-18(3)24(26)17(2)29-31/h5-13,15H,4,14,16H2,1-3H3,(H,28,32). The van der Waals surface area contributed by atoms with E-state index in [4.69, 9.17) is 16.3 Å². The summed E-state index contributed by atoms with van der Waals surface area (Å²) in [5.74, 6) is 0.572. The first kappa shape index (κ1) is 22.6. The maximum Gasteiger partial charge on any atom is 0.255 e. The fraction of sp³-hybridized carbons (Fsp3) is 0.240. The number of halogens is 1. The molecule has 2 heterocycles. The molecule has 4 rings (SSSR count). The lowest BCUT2D eigenvalue weighted by atomic mass is 10.1. The van der Waals surface area contributed by atoms with E-state index in [9.17, 15) is 4.79 Å². The highest BCUT2D eigenvalue weighted by atomic mass is 35.5. The van der Waals surface area contributed by atoms with Gasteiger partial charge < -0.3 is 10.1 Å². The lowest BCUT2D eigenvalue weighted by molar-refractivity contribution is 0.102. The van der Waals surface area contributed by atoms with Crippen LogP contribution >= 0.6 is 11.6 Å². The zero-order chi connectivity index (χ0) is 23.4. The van der Waals surface area contributed by atoms with Crippen molar-refractivity contribution in [1.29, 1.82) is 0 Å². The Morgan fingerprint density at radius 1 is 1.06 bits per heavy atom. The largest absolute Gasteiger partial charge is 0.471 e. The lowest BCUT2D eigenvalue weighted by Gasteiger charge is -2.07. The Balaban J connectivity index is 1.32. The van der Waals surface area contributed by atoms with Crippen molar-refractivity contribution in [2.75, 3.05) is 5.32 Å². The summed E-state index contributed by atoms with van der Waals surface area (Å²) in [4.78, 5) is 12.6. The summed E-state index contributed by atoms with van der Waals surface area (Å²) in [6.45, 7) is 6.79. The van der Waals surface area contributed by atoms with E-state index in [0.717, 1.165) is 29.1 Å². The summed E-state index contributed by atoms with van der Waals surface area (Å²) < 4.78 is 9.24. The van der Waals surface area contributed by atoms with Gasteiger partial charge in [-0.3, -0.25) is 9.48 Å². The Labute approximate surface area is 197 Å². The quantitative estimate of drug-likeness (QED) is 0.387. The number of anilines is 1. The van der Waals surface area contributed by atoms with Crippen LogP contribution in [0.1, 0.15) is 39.8 Å². The van der Waals surface area contributed by atoms with Gasteiger partial charge in [-0.1, -0.05) is 42.8 Å². The number of hydrogen-bond donors (Lipinski definition) is 1. The van der Waals surface area contributed by atoms with Gasteiger partial charge in [-0.15, -0.1) is 0 Å². The number of aryl methyl sites for hydroxylation is 2. The predicted molar refractivity (Wildman–Crippen MR) is 129 cm³/mol. The number of nitrogens with zero attached hydrogens (tertiary/aromatic N) is 4. The second-order valence-corrected chi connectivity index (χ2v) is 8.21. The predicted octanol–water partition coefficient (Wildman–Crippen LogP) is 5.25. The molecule has 0 atom stereocenters. The molecule has 4 aromatic rings. The molecule has 0 aliphatic carbocycles. The molecule has 1 N–H and O–H groups in total. The maximum absolute atomic E-state index is 12.6. The molecule has 2 aromatic heterocycles. The molecule has 0 aliphatic rings. The minimum atomic E-state index is -0.202. The highest BCUT2D eigenvalue weighted by molar-refractivity contribution is 6.31. The number of rotatable bonds is 8. The summed E-state index contributed by atoms with van der Waals surface area (Å²) in [7, 11) is 0. The molecule has 7 nitrogen and oxygen atoms in total. The molecule has 0 aliphatic heterocycles. The van der Waals surface area contributed by atoms with E-state index in [1.165, 1.54) is 5.56 Å². The van der Waals surface area contributed by atoms with Gasteiger partial charge in [0.05, 0.1) is 41.0 Å². The Kier molecular flexibility index (Phi) is 6.79. The molecule has 0 radical (unpaired) electrons. The number of aromatic nitrogens is 4. The van der Waals surface area contributed by atoms with E-state index in [0.29, 0.717) is 22.8 Å². The Morgan fingerprint density at radius 3 is 2.39 bits per heavy atom. The summed E-state index contributed by atoms with van der Waals surface area (Å²) >= 11 is 6.22. The number of hydrogen-bond acceptors (Lipinski definition) is 4. The molecule has 0 spiro atoms. The van der Waals surface area contributed by atoms with Gasteiger partial charge in [0, 0.05) is 5.56 Å². The van der Waals surface area contributed by atoms with Crippen LogP contribution in [-0.2, 0) is 19.7 Å². The third-order valence-corrected chi connectivity index (χ3v) is 5.97. The van der Waals surface area contributed by atoms with E-state index in [-0.39, 0.29) is 12.6 Å². The van der Waals surface area contributed by atoms with Crippen molar-refractivity contribution in [3.63, 3.8) is 0 Å². The van der Waals surface area contributed by atoms with Crippen molar-refractivity contribution in [1.82, 2.24) is 19.6 Å². The van der Waals surface area contributed by atoms with Crippen LogP contribution < -0.4 is 10.1 Å². The van der Waals surface area contributed by atoms with Crippen LogP contribution in [0.5, 0.6) is 5.75 Å². The molecule has 0 saturated carbocycles. The zero-order valence-corrected chi connectivity index (χ0v) is 19.6. The first-order valence-corrected chi connectivity index (χ1v) is 11.1. The highest BCUT2D eigenvalue weighted by Crippen LogP contribution is 2.20. The van der Waals surface area contributed by atoms with E-state index in [2.05, 4.69) is 22.4 Å². The van der Waals surface area contributed by atoms with Crippen LogP contribution in [0.2, 0.25) is 5.02 Å². The summed E-state index contributed by atoms with van der Waals surface area (Å²) in [6, 6.07) is 15.4. The maximum atomic E-state index is 12.6. The van der Waals surface area contributed by atoms with E-state index in [1.54, 1.807) is 29.2 Å². The van der Waals surface area contributed by atoms with E-state index in [1.807, 2.05) is 54.9 Å². The third-order valence-electron chi connectivity index (χ3n) is 5.43. The van der Waals surface area contributed by atoms with Gasteiger partial charge in [0.25, 0.3) is 5.91 Å². The zero-order valence-electron chi connectivity index (χ0n) is 18.9. The highest BCUT2D eigenvalue weighted by Gasteiger charge is 2.11. The van der Waals surface area contributed by atoms with Gasteiger partial charge in [0.15, 0.2) is 6.73 Å². The van der Waals surface area contributed by atoms with Gasteiger partial charge in [0.2, 0.25) is 0 Å². The molecule has 1 amide bonds. The summed E-state index contributed by atoms with van der Waals surface area (Å²) in [5.41, 5.74) is 5.19. The van der Waals surface area contributed by atoms with Crippen molar-refractivity contribution in [2.24, 2.45) is 0 Å². The number of carbonyl (C=O) groups is 1. The second kappa shape index (κ2) is 9.92. The Morgan fingerprint density at radius 2 is 1.76 bits per heavy atom. The molecule has 2 aromatic carbocycles. The van der Waals surface area contributed by atoms with Gasteiger partial charge in [-0.25, -0.2) is 4.68 Å². The topological polar surface area (TPSA) is 74.0 Å². The Bertz CT molecular complexity index is 1240. The molecule has 170 valence electrons. The number of ether oxygens (including phenoxy) is 1. The van der Waals surface area contributed by atoms with Crippen molar-refractivity contribution in [2.45, 2.75) is 40.5 Å². The van der Waals surface area contributed by atoms with Gasteiger partial charge in [-0.05, 0) is 55.7 Å². The fourth-order valence-electron chi connectivity index (χ4n) is 3.43. The van der Waals surface area contributed by atoms with Crippen molar-refractivity contribution in [3.8, 4) is 5.75 Å². The lowest BCUT2D eigenvalue weighted by Crippen LogP contribution is -2.12. The van der Waals surface area contributed by atoms with Crippen LogP contribution in [0.15, 0.2) is 60.9 Å². The van der Waals surface area contributed by atoms with Gasteiger partial charge in [0.1, 0.15) is 5.75 Å². The third kappa shape index (κ3) is 5.43. The van der Waals surface area contributed by atoms with Crippen LogP contribution in [0, 0.1) is 13.8 Å². The summed E-state index contributed by atoms with van der Waals surface area (Å²) in [5, 5.41) is 12.2. The normalized spacial score (nSPS) is 10.9. The number of nitrogens with one attached hydrogen (secondary N) is 1. The summed E-state index contributed by atoms with van der Waals surface area (Å²) in [6.07, 6.45) is 4.32. The van der Waals surface area contributed by atoms with E-state index < -0.39 is 0 Å². The van der Waals surface area contributed by atoms with Crippen LogP contribution in [0.25, 0.3) is 0 Å². The molecular formula is C25H26ClN5O2. The minimum Gasteiger partial charge on any atom is -0.471 e. The molecular weight excluding hydrogens is 438 g/mol. The number of carbonyl (C=O) groups excluding carboxylic acids is 1. The second-order valence-electron chi connectivity index (χ2n) is 7.83. The molecule has 0 saturated heterocycles. The molecule has 0 unspecified atom stereocenters. The minimum absolute atomic E-state index is 0.202. The number of amides is 1.